The molecular formula is C51H31N3O. The van der Waals surface area contributed by atoms with Crippen LogP contribution in [0.3, 0.4) is 0 Å². The Morgan fingerprint density at radius 1 is 0.291 bits per heavy atom. The number of aromatic nitrogens is 3. The molecule has 0 saturated carbocycles. The number of hydrogen-bond donors (Lipinski definition) is 0. The van der Waals surface area contributed by atoms with E-state index >= 15 is 0 Å². The third-order valence-electron chi connectivity index (χ3n) is 10.7. The number of rotatable bonds is 5. The van der Waals surface area contributed by atoms with Gasteiger partial charge in [-0.05, 0) is 72.8 Å². The number of benzene rings is 9. The summed E-state index contributed by atoms with van der Waals surface area (Å²) in [5.41, 5.74) is 8.86. The largest absolute Gasteiger partial charge is 0.456 e. The lowest BCUT2D eigenvalue weighted by molar-refractivity contribution is 0.669. The number of nitrogens with zero attached hydrogens (tertiary/aromatic N) is 3. The second kappa shape index (κ2) is 12.6. The minimum atomic E-state index is 0.594. The molecule has 9 aromatic carbocycles. The van der Waals surface area contributed by atoms with Gasteiger partial charge in [0.05, 0.1) is 0 Å². The summed E-state index contributed by atoms with van der Waals surface area (Å²) in [4.78, 5) is 15.6. The third-order valence-corrected chi connectivity index (χ3v) is 10.7. The zero-order chi connectivity index (χ0) is 36.3. The molecule has 0 fully saturated rings. The van der Waals surface area contributed by atoms with Crippen molar-refractivity contribution in [3.8, 4) is 56.4 Å². The summed E-state index contributed by atoms with van der Waals surface area (Å²) in [6, 6.07) is 65.8. The average molecular weight is 702 g/mol. The SMILES string of the molecule is c1ccc(-c2ccccc2-c2nc(-c3ccc(-c4cc5ccc6ccccc6c5c5ccccc45)cc3)nc(-c3cccc4oc5ccccc5c34)n2)cc1. The Hall–Kier alpha value is -7.43. The number of fused-ring (bicyclic) bond motifs is 8. The summed E-state index contributed by atoms with van der Waals surface area (Å²) in [6.45, 7) is 0. The molecule has 0 unspecified atom stereocenters. The van der Waals surface area contributed by atoms with Crippen molar-refractivity contribution in [1.29, 1.82) is 0 Å². The minimum Gasteiger partial charge on any atom is -0.456 e. The molecule has 2 heterocycles. The van der Waals surface area contributed by atoms with Gasteiger partial charge in [-0.1, -0.05) is 170 Å². The van der Waals surface area contributed by atoms with Crippen molar-refractivity contribution in [2.45, 2.75) is 0 Å². The molecule has 0 aliphatic carbocycles. The highest BCUT2D eigenvalue weighted by molar-refractivity contribution is 6.23. The van der Waals surface area contributed by atoms with Crippen LogP contribution in [0.2, 0.25) is 0 Å². The van der Waals surface area contributed by atoms with Gasteiger partial charge in [-0.15, -0.1) is 0 Å². The molecule has 0 atom stereocenters. The fraction of sp³-hybridized carbons (Fsp3) is 0. The molecule has 11 aromatic rings. The average Bonchev–Trinajstić information content (AvgIpc) is 3.65. The summed E-state index contributed by atoms with van der Waals surface area (Å²) in [7, 11) is 0. The second-order valence-electron chi connectivity index (χ2n) is 13.9. The molecule has 0 spiro atoms. The maximum absolute atomic E-state index is 6.28. The molecule has 0 aliphatic heterocycles. The Morgan fingerprint density at radius 3 is 1.69 bits per heavy atom. The lowest BCUT2D eigenvalue weighted by atomic mass is 9.90. The first-order valence-electron chi connectivity index (χ1n) is 18.5. The molecule has 0 radical (unpaired) electrons. The van der Waals surface area contributed by atoms with Gasteiger partial charge < -0.3 is 4.42 Å². The van der Waals surface area contributed by atoms with E-state index in [1.165, 1.54) is 37.9 Å². The Bertz CT molecular complexity index is 3260. The van der Waals surface area contributed by atoms with Crippen molar-refractivity contribution in [2.24, 2.45) is 0 Å². The van der Waals surface area contributed by atoms with Crippen LogP contribution in [0.5, 0.6) is 0 Å². The van der Waals surface area contributed by atoms with Gasteiger partial charge in [-0.3, -0.25) is 0 Å². The predicted molar refractivity (Wildman–Crippen MR) is 227 cm³/mol. The third kappa shape index (κ3) is 5.19. The van der Waals surface area contributed by atoms with Crippen LogP contribution in [-0.4, -0.2) is 15.0 Å². The molecule has 4 heteroatoms. The zero-order valence-corrected chi connectivity index (χ0v) is 29.6. The zero-order valence-electron chi connectivity index (χ0n) is 29.6. The fourth-order valence-corrected chi connectivity index (χ4v) is 8.17. The van der Waals surface area contributed by atoms with Crippen LogP contribution in [0.25, 0.3) is 111 Å². The summed E-state index contributed by atoms with van der Waals surface area (Å²) in [6.07, 6.45) is 0. The van der Waals surface area contributed by atoms with Gasteiger partial charge in [0.2, 0.25) is 0 Å². The smallest absolute Gasteiger partial charge is 0.164 e. The predicted octanol–water partition coefficient (Wildman–Crippen LogP) is 13.6. The van der Waals surface area contributed by atoms with E-state index in [4.69, 9.17) is 19.4 Å². The van der Waals surface area contributed by atoms with E-state index in [1.807, 2.05) is 42.5 Å². The highest BCUT2D eigenvalue weighted by Gasteiger charge is 2.19. The Kier molecular flexibility index (Phi) is 7.14. The van der Waals surface area contributed by atoms with Gasteiger partial charge in [0, 0.05) is 27.5 Å². The molecule has 55 heavy (non-hydrogen) atoms. The van der Waals surface area contributed by atoms with Crippen LogP contribution >= 0.6 is 0 Å². The Labute approximate surface area is 317 Å². The standard InChI is InChI=1S/C51H31N3O/c1-2-13-32(14-3-1)37-16-6-9-20-41(37)50-52-49(53-51(54-50)43-22-12-24-46-48(43)42-21-10-11-23-45(42)55-46)35-28-25-34(26-29-35)44-31-36-30-27-33-15-4-5-17-38(33)47(36)40-19-8-7-18-39(40)44/h1-31H. The second-order valence-corrected chi connectivity index (χ2v) is 13.9. The molecule has 11 rings (SSSR count). The van der Waals surface area contributed by atoms with Crippen LogP contribution in [-0.2, 0) is 0 Å². The van der Waals surface area contributed by atoms with E-state index in [0.717, 1.165) is 55.3 Å². The summed E-state index contributed by atoms with van der Waals surface area (Å²) >= 11 is 0. The number of para-hydroxylation sites is 1. The van der Waals surface area contributed by atoms with Crippen LogP contribution in [0, 0.1) is 0 Å². The van der Waals surface area contributed by atoms with Gasteiger partial charge in [-0.25, -0.2) is 15.0 Å². The van der Waals surface area contributed by atoms with Gasteiger partial charge in [0.15, 0.2) is 17.5 Å². The van der Waals surface area contributed by atoms with E-state index in [9.17, 15) is 0 Å². The van der Waals surface area contributed by atoms with Gasteiger partial charge >= 0.3 is 0 Å². The van der Waals surface area contributed by atoms with Gasteiger partial charge in [-0.2, -0.15) is 0 Å². The number of hydrogen-bond acceptors (Lipinski definition) is 4. The van der Waals surface area contributed by atoms with Crippen molar-refractivity contribution >= 4 is 54.3 Å². The summed E-state index contributed by atoms with van der Waals surface area (Å²) in [5.74, 6) is 1.81. The van der Waals surface area contributed by atoms with Crippen molar-refractivity contribution in [2.75, 3.05) is 0 Å². The first-order valence-corrected chi connectivity index (χ1v) is 18.5. The number of furan rings is 1. The van der Waals surface area contributed by atoms with Crippen molar-refractivity contribution < 1.29 is 4.42 Å². The molecule has 256 valence electrons. The van der Waals surface area contributed by atoms with Crippen LogP contribution < -0.4 is 0 Å². The first-order chi connectivity index (χ1) is 27.3. The molecular weight excluding hydrogens is 671 g/mol. The molecule has 0 saturated heterocycles. The van der Waals surface area contributed by atoms with Crippen molar-refractivity contribution in [1.82, 2.24) is 15.0 Å². The van der Waals surface area contributed by atoms with E-state index in [-0.39, 0.29) is 0 Å². The van der Waals surface area contributed by atoms with E-state index in [2.05, 4.69) is 146 Å². The normalized spacial score (nSPS) is 11.6. The van der Waals surface area contributed by atoms with Crippen molar-refractivity contribution in [3.05, 3.63) is 188 Å². The van der Waals surface area contributed by atoms with Gasteiger partial charge in [0.1, 0.15) is 11.2 Å². The maximum atomic E-state index is 6.28. The highest BCUT2D eigenvalue weighted by atomic mass is 16.3. The van der Waals surface area contributed by atoms with Crippen LogP contribution in [0.4, 0.5) is 0 Å². The van der Waals surface area contributed by atoms with Gasteiger partial charge in [0.25, 0.3) is 0 Å². The lowest BCUT2D eigenvalue weighted by Crippen LogP contribution is -2.01. The van der Waals surface area contributed by atoms with E-state index in [0.29, 0.717) is 17.5 Å². The van der Waals surface area contributed by atoms with E-state index < -0.39 is 0 Å². The highest BCUT2D eigenvalue weighted by Crippen LogP contribution is 2.40. The Balaban J connectivity index is 1.10. The minimum absolute atomic E-state index is 0.594. The molecule has 0 N–H and O–H groups in total. The lowest BCUT2D eigenvalue weighted by Gasteiger charge is -2.14. The van der Waals surface area contributed by atoms with E-state index in [1.54, 1.807) is 0 Å². The molecule has 2 aromatic heterocycles. The quantitative estimate of drug-likeness (QED) is 0.168. The van der Waals surface area contributed by atoms with Crippen molar-refractivity contribution in [3.63, 3.8) is 0 Å². The fourth-order valence-electron chi connectivity index (χ4n) is 8.17. The molecule has 0 amide bonds. The van der Waals surface area contributed by atoms with Crippen LogP contribution in [0.1, 0.15) is 0 Å². The maximum Gasteiger partial charge on any atom is 0.164 e. The Morgan fingerprint density at radius 2 is 0.855 bits per heavy atom. The molecule has 0 aliphatic rings. The summed E-state index contributed by atoms with van der Waals surface area (Å²) in [5, 5.41) is 9.52. The van der Waals surface area contributed by atoms with Crippen LogP contribution in [0.15, 0.2) is 192 Å². The monoisotopic (exact) mass is 701 g/mol. The molecule has 0 bridgehead atoms. The first kappa shape index (κ1) is 31.1. The topological polar surface area (TPSA) is 51.8 Å². The molecule has 4 nitrogen and oxygen atoms in total. The summed E-state index contributed by atoms with van der Waals surface area (Å²) < 4.78 is 6.28.